The van der Waals surface area contributed by atoms with Gasteiger partial charge in [-0.05, 0) is 41.8 Å². The molecule has 0 aliphatic carbocycles. The molecular weight excluding hydrogens is 280 g/mol. The molecule has 0 saturated carbocycles. The zero-order chi connectivity index (χ0) is 17.4. The van der Waals surface area contributed by atoms with Crippen molar-refractivity contribution in [3.63, 3.8) is 0 Å². The summed E-state index contributed by atoms with van der Waals surface area (Å²) in [5, 5.41) is 0. The molecule has 2 aromatic rings. The maximum atomic E-state index is 2.25. The van der Waals surface area contributed by atoms with Crippen molar-refractivity contribution >= 4 is 11.4 Å². The predicted octanol–water partition coefficient (Wildman–Crippen LogP) is 5.39. The van der Waals surface area contributed by atoms with Crippen LogP contribution in [0.15, 0.2) is 48.5 Å². The Morgan fingerprint density at radius 3 is 1.17 bits per heavy atom. The maximum absolute atomic E-state index is 2.25. The van der Waals surface area contributed by atoms with Crippen LogP contribution in [0.25, 0.3) is 0 Å². The molecule has 0 aliphatic heterocycles. The highest BCUT2D eigenvalue weighted by atomic mass is 15.1. The van der Waals surface area contributed by atoms with Gasteiger partial charge >= 0.3 is 0 Å². The van der Waals surface area contributed by atoms with Gasteiger partial charge < -0.3 is 9.80 Å². The van der Waals surface area contributed by atoms with E-state index in [1.807, 2.05) is 13.8 Å². The number of nitrogens with zero attached hydrogens (tertiary/aromatic N) is 2. The minimum atomic E-state index is 0.470. The monoisotopic (exact) mass is 312 g/mol. The van der Waals surface area contributed by atoms with Crippen molar-refractivity contribution in [2.24, 2.45) is 0 Å². The van der Waals surface area contributed by atoms with E-state index in [1.165, 1.54) is 22.5 Å². The van der Waals surface area contributed by atoms with Crippen molar-refractivity contribution in [3.05, 3.63) is 59.7 Å². The Balaban J connectivity index is 0.00000127. The van der Waals surface area contributed by atoms with E-state index in [9.17, 15) is 0 Å². The lowest BCUT2D eigenvalue weighted by Crippen LogP contribution is -2.09. The molecule has 0 heterocycles. The lowest BCUT2D eigenvalue weighted by molar-refractivity contribution is 0.777. The van der Waals surface area contributed by atoms with Crippen LogP contribution in [0, 0.1) is 0 Å². The highest BCUT2D eigenvalue weighted by Gasteiger charge is 2.12. The Hall–Kier alpha value is -1.96. The van der Waals surface area contributed by atoms with E-state index >= 15 is 0 Å². The Morgan fingerprint density at radius 2 is 0.957 bits per heavy atom. The fraction of sp³-hybridized carbons (Fsp3) is 0.429. The molecule has 2 heteroatoms. The second kappa shape index (κ2) is 9.24. The van der Waals surface area contributed by atoms with Gasteiger partial charge in [0.1, 0.15) is 0 Å². The molecule has 0 fully saturated rings. The van der Waals surface area contributed by atoms with Gasteiger partial charge in [0.25, 0.3) is 0 Å². The van der Waals surface area contributed by atoms with E-state index in [-0.39, 0.29) is 0 Å². The third kappa shape index (κ3) is 5.02. The summed E-state index contributed by atoms with van der Waals surface area (Å²) in [5.74, 6) is 0.470. The van der Waals surface area contributed by atoms with Gasteiger partial charge in [0.05, 0.1) is 0 Å². The van der Waals surface area contributed by atoms with Crippen LogP contribution in [-0.2, 0) is 0 Å². The van der Waals surface area contributed by atoms with E-state index in [2.05, 4.69) is 93.4 Å². The lowest BCUT2D eigenvalue weighted by atomic mass is 9.89. The SMILES string of the molecule is CC.CCC(c1ccc(N(C)C)cc1)c1ccc(N(C)C)cc1. The standard InChI is InChI=1S/C19H26N2.C2H6/c1-6-19(15-7-11-17(12-8-15)20(2)3)16-9-13-18(14-10-16)21(4)5;1-2/h7-14,19H,6H2,1-5H3;1-2H3. The minimum absolute atomic E-state index is 0.470. The molecule has 0 amide bonds. The zero-order valence-electron chi connectivity index (χ0n) is 15.8. The summed E-state index contributed by atoms with van der Waals surface area (Å²) >= 11 is 0. The molecule has 126 valence electrons. The topological polar surface area (TPSA) is 6.48 Å². The van der Waals surface area contributed by atoms with E-state index in [0.29, 0.717) is 5.92 Å². The van der Waals surface area contributed by atoms with Crippen LogP contribution < -0.4 is 9.80 Å². The third-order valence-electron chi connectivity index (χ3n) is 4.03. The molecule has 0 atom stereocenters. The smallest absolute Gasteiger partial charge is 0.0361 e. The summed E-state index contributed by atoms with van der Waals surface area (Å²) in [7, 11) is 8.30. The maximum Gasteiger partial charge on any atom is 0.0361 e. The molecule has 23 heavy (non-hydrogen) atoms. The Labute approximate surface area is 142 Å². The van der Waals surface area contributed by atoms with E-state index < -0.39 is 0 Å². The first-order valence-electron chi connectivity index (χ1n) is 8.57. The van der Waals surface area contributed by atoms with Crippen molar-refractivity contribution in [1.29, 1.82) is 0 Å². The van der Waals surface area contributed by atoms with Crippen LogP contribution >= 0.6 is 0 Å². The van der Waals surface area contributed by atoms with Gasteiger partial charge in [0.15, 0.2) is 0 Å². The molecule has 2 rings (SSSR count). The van der Waals surface area contributed by atoms with Crippen LogP contribution in [0.5, 0.6) is 0 Å². The first kappa shape index (κ1) is 19.1. The Bertz CT molecular complexity index is 502. The summed E-state index contributed by atoms with van der Waals surface area (Å²) in [6, 6.07) is 17.8. The average Bonchev–Trinajstić information content (AvgIpc) is 2.58. The molecule has 0 aromatic heterocycles. The summed E-state index contributed by atoms with van der Waals surface area (Å²) in [5.41, 5.74) is 5.27. The molecule has 0 saturated heterocycles. The average molecular weight is 313 g/mol. The highest BCUT2D eigenvalue weighted by molar-refractivity contribution is 5.50. The Morgan fingerprint density at radius 1 is 0.652 bits per heavy atom. The molecule has 2 nitrogen and oxygen atoms in total. The van der Waals surface area contributed by atoms with Crippen LogP contribution in [0.1, 0.15) is 44.2 Å². The van der Waals surface area contributed by atoms with Gasteiger partial charge in [-0.15, -0.1) is 0 Å². The largest absolute Gasteiger partial charge is 0.378 e. The van der Waals surface area contributed by atoms with Gasteiger partial charge in [-0.3, -0.25) is 0 Å². The number of benzene rings is 2. The molecule has 2 aromatic carbocycles. The first-order chi connectivity index (χ1) is 11.0. The normalized spacial score (nSPS) is 10.1. The van der Waals surface area contributed by atoms with Crippen molar-refractivity contribution < 1.29 is 0 Å². The number of rotatable bonds is 5. The fourth-order valence-electron chi connectivity index (χ4n) is 2.67. The minimum Gasteiger partial charge on any atom is -0.378 e. The van der Waals surface area contributed by atoms with Gasteiger partial charge in [-0.25, -0.2) is 0 Å². The summed E-state index contributed by atoms with van der Waals surface area (Å²) < 4.78 is 0. The van der Waals surface area contributed by atoms with Crippen molar-refractivity contribution in [3.8, 4) is 0 Å². The van der Waals surface area contributed by atoms with Gasteiger partial charge in [0.2, 0.25) is 0 Å². The number of anilines is 2. The van der Waals surface area contributed by atoms with E-state index in [4.69, 9.17) is 0 Å². The molecule has 0 unspecified atom stereocenters. The van der Waals surface area contributed by atoms with Crippen molar-refractivity contribution in [2.45, 2.75) is 33.1 Å². The van der Waals surface area contributed by atoms with Crippen LogP contribution in [0.3, 0.4) is 0 Å². The zero-order valence-corrected chi connectivity index (χ0v) is 15.8. The Kier molecular flexibility index (Phi) is 7.67. The predicted molar refractivity (Wildman–Crippen MR) is 105 cm³/mol. The van der Waals surface area contributed by atoms with Crippen molar-refractivity contribution in [1.82, 2.24) is 0 Å². The van der Waals surface area contributed by atoms with E-state index in [0.717, 1.165) is 6.42 Å². The van der Waals surface area contributed by atoms with Crippen LogP contribution in [0.4, 0.5) is 11.4 Å². The quantitative estimate of drug-likeness (QED) is 0.730. The van der Waals surface area contributed by atoms with Crippen LogP contribution in [0.2, 0.25) is 0 Å². The molecule has 0 N–H and O–H groups in total. The van der Waals surface area contributed by atoms with Crippen molar-refractivity contribution in [2.75, 3.05) is 38.0 Å². The van der Waals surface area contributed by atoms with Gasteiger partial charge in [-0.2, -0.15) is 0 Å². The number of hydrogen-bond acceptors (Lipinski definition) is 2. The summed E-state index contributed by atoms with van der Waals surface area (Å²) in [4.78, 5) is 4.27. The molecule has 0 spiro atoms. The fourth-order valence-corrected chi connectivity index (χ4v) is 2.67. The van der Waals surface area contributed by atoms with Crippen LogP contribution in [-0.4, -0.2) is 28.2 Å². The molecule has 0 bridgehead atoms. The van der Waals surface area contributed by atoms with Gasteiger partial charge in [-0.1, -0.05) is 45.0 Å². The lowest BCUT2D eigenvalue weighted by Gasteiger charge is -2.19. The first-order valence-corrected chi connectivity index (χ1v) is 8.57. The second-order valence-electron chi connectivity index (χ2n) is 5.93. The van der Waals surface area contributed by atoms with Gasteiger partial charge in [0, 0.05) is 45.5 Å². The summed E-state index contributed by atoms with van der Waals surface area (Å²) in [6.07, 6.45) is 1.11. The summed E-state index contributed by atoms with van der Waals surface area (Å²) in [6.45, 7) is 6.25. The third-order valence-corrected chi connectivity index (χ3v) is 4.03. The molecule has 0 radical (unpaired) electrons. The number of hydrogen-bond donors (Lipinski definition) is 0. The second-order valence-corrected chi connectivity index (χ2v) is 5.93. The molecule has 0 aliphatic rings. The molecular formula is C21H32N2. The highest BCUT2D eigenvalue weighted by Crippen LogP contribution is 2.30. The van der Waals surface area contributed by atoms with E-state index in [1.54, 1.807) is 0 Å².